The Labute approximate surface area is 169 Å². The maximum Gasteiger partial charge on any atom is 0.280 e. The number of nitrogens with zero attached hydrogens (tertiary/aromatic N) is 3. The first kappa shape index (κ1) is 18.8. The molecular formula is C19H18BrF2N5O. The largest absolute Gasteiger partial charge is 0.341 e. The van der Waals surface area contributed by atoms with Crippen LogP contribution in [-0.2, 0) is 0 Å². The molecule has 0 radical (unpaired) electrons. The van der Waals surface area contributed by atoms with Gasteiger partial charge < -0.3 is 10.3 Å². The van der Waals surface area contributed by atoms with E-state index in [1.54, 1.807) is 34.2 Å². The van der Waals surface area contributed by atoms with E-state index in [4.69, 9.17) is 0 Å². The summed E-state index contributed by atoms with van der Waals surface area (Å²) in [4.78, 5) is 18.8. The fourth-order valence-electron chi connectivity index (χ4n) is 3.15. The number of benzene rings is 2. The summed E-state index contributed by atoms with van der Waals surface area (Å²) in [5, 5.41) is 1.62. The van der Waals surface area contributed by atoms with Crippen molar-refractivity contribution in [2.45, 2.75) is 18.8 Å². The molecule has 0 saturated carbocycles. The predicted molar refractivity (Wildman–Crippen MR) is 107 cm³/mol. The number of nitrogens with one attached hydrogen (secondary N) is 2. The second kappa shape index (κ2) is 7.48. The van der Waals surface area contributed by atoms with Crippen LogP contribution in [0.15, 0.2) is 58.0 Å². The van der Waals surface area contributed by atoms with Gasteiger partial charge in [0, 0.05) is 36.0 Å². The van der Waals surface area contributed by atoms with Crippen LogP contribution in [0.5, 0.6) is 0 Å². The SMILES string of the molecule is O=C(N=C(N1CCC(F)(F)CC1)N1NNc2ccccc21)c1ccc(Br)cc1. The highest BCUT2D eigenvalue weighted by molar-refractivity contribution is 9.10. The Hall–Kier alpha value is -2.52. The summed E-state index contributed by atoms with van der Waals surface area (Å²) in [6, 6.07) is 14.3. The lowest BCUT2D eigenvalue weighted by Crippen LogP contribution is -2.54. The summed E-state index contributed by atoms with van der Waals surface area (Å²) >= 11 is 3.34. The van der Waals surface area contributed by atoms with Gasteiger partial charge in [-0.1, -0.05) is 28.1 Å². The Morgan fingerprint density at radius 1 is 1.07 bits per heavy atom. The molecule has 28 heavy (non-hydrogen) atoms. The van der Waals surface area contributed by atoms with Gasteiger partial charge in [-0.3, -0.25) is 4.79 Å². The lowest BCUT2D eigenvalue weighted by Gasteiger charge is -2.36. The zero-order valence-corrected chi connectivity index (χ0v) is 16.4. The zero-order valence-electron chi connectivity index (χ0n) is 14.8. The highest BCUT2D eigenvalue weighted by Gasteiger charge is 2.37. The lowest BCUT2D eigenvalue weighted by molar-refractivity contribution is -0.0437. The third-order valence-corrected chi connectivity index (χ3v) is 5.25. The van der Waals surface area contributed by atoms with E-state index in [2.05, 4.69) is 31.9 Å². The second-order valence-corrected chi connectivity index (χ2v) is 7.57. The van der Waals surface area contributed by atoms with E-state index in [0.29, 0.717) is 11.5 Å². The fraction of sp³-hybridized carbons (Fsp3) is 0.263. The highest BCUT2D eigenvalue weighted by Crippen LogP contribution is 2.32. The van der Waals surface area contributed by atoms with Gasteiger partial charge in [-0.2, -0.15) is 4.99 Å². The van der Waals surface area contributed by atoms with Crippen molar-refractivity contribution >= 4 is 39.2 Å². The molecule has 0 aliphatic carbocycles. The average molecular weight is 450 g/mol. The van der Waals surface area contributed by atoms with Gasteiger partial charge >= 0.3 is 0 Å². The monoisotopic (exact) mass is 449 g/mol. The van der Waals surface area contributed by atoms with Crippen molar-refractivity contribution in [2.75, 3.05) is 23.5 Å². The number of rotatable bonds is 1. The molecule has 1 saturated heterocycles. The molecule has 0 bridgehead atoms. The number of amides is 1. The van der Waals surface area contributed by atoms with Crippen molar-refractivity contribution in [2.24, 2.45) is 4.99 Å². The molecule has 146 valence electrons. The molecule has 6 nitrogen and oxygen atoms in total. The first-order chi connectivity index (χ1) is 13.4. The minimum absolute atomic E-state index is 0.111. The van der Waals surface area contributed by atoms with Crippen molar-refractivity contribution in [3.05, 3.63) is 58.6 Å². The van der Waals surface area contributed by atoms with E-state index in [1.807, 2.05) is 24.3 Å². The molecule has 0 spiro atoms. The molecule has 1 amide bonds. The number of anilines is 2. The van der Waals surface area contributed by atoms with E-state index < -0.39 is 11.8 Å². The number of hydrogen-bond acceptors (Lipinski definition) is 3. The molecule has 2 N–H and O–H groups in total. The van der Waals surface area contributed by atoms with Gasteiger partial charge in [-0.15, -0.1) is 5.53 Å². The second-order valence-electron chi connectivity index (χ2n) is 6.66. The van der Waals surface area contributed by atoms with Crippen LogP contribution in [0.4, 0.5) is 20.2 Å². The molecule has 9 heteroatoms. The van der Waals surface area contributed by atoms with Gasteiger partial charge in [0.05, 0.1) is 11.4 Å². The number of halogens is 3. The molecule has 2 aromatic carbocycles. The minimum Gasteiger partial charge on any atom is -0.341 e. The molecular weight excluding hydrogens is 432 g/mol. The summed E-state index contributed by atoms with van der Waals surface area (Å²) in [5.41, 5.74) is 7.98. The van der Waals surface area contributed by atoms with Gasteiger partial charge in [-0.05, 0) is 36.4 Å². The standard InChI is InChI=1S/C19H18BrF2N5O/c20-14-7-5-13(6-8-14)17(28)23-18(26-11-9-19(21,22)10-12-26)27-16-4-2-1-3-15(16)24-25-27/h1-8,24-25H,9-12H2. The number of alkyl halides is 2. The Morgan fingerprint density at radius 2 is 1.75 bits per heavy atom. The van der Waals surface area contributed by atoms with Crippen molar-refractivity contribution in [1.82, 2.24) is 10.4 Å². The van der Waals surface area contributed by atoms with Crippen LogP contribution in [0, 0.1) is 0 Å². The first-order valence-corrected chi connectivity index (χ1v) is 9.64. The lowest BCUT2D eigenvalue weighted by atomic mass is 10.1. The van der Waals surface area contributed by atoms with Crippen LogP contribution in [0.25, 0.3) is 0 Å². The summed E-state index contributed by atoms with van der Waals surface area (Å²) in [7, 11) is 0. The quantitative estimate of drug-likeness (QED) is 0.508. The predicted octanol–water partition coefficient (Wildman–Crippen LogP) is 4.03. The van der Waals surface area contributed by atoms with Crippen LogP contribution in [0.2, 0.25) is 0 Å². The smallest absolute Gasteiger partial charge is 0.280 e. The molecule has 2 heterocycles. The topological polar surface area (TPSA) is 60.0 Å². The molecule has 2 aliphatic heterocycles. The summed E-state index contributed by atoms with van der Waals surface area (Å²) in [5.74, 6) is -2.83. The van der Waals surface area contributed by atoms with Gasteiger partial charge in [0.1, 0.15) is 0 Å². The Bertz CT molecular complexity index is 909. The summed E-state index contributed by atoms with van der Waals surface area (Å²) in [6.07, 6.45) is -0.553. The molecule has 2 aromatic rings. The number of likely N-dealkylation sites (tertiary alicyclic amines) is 1. The number of carbonyl (C=O) groups is 1. The van der Waals surface area contributed by atoms with Crippen LogP contribution in [0.3, 0.4) is 0 Å². The normalized spacial score (nSPS) is 18.6. The van der Waals surface area contributed by atoms with Crippen LogP contribution >= 0.6 is 15.9 Å². The Morgan fingerprint density at radius 3 is 2.46 bits per heavy atom. The van der Waals surface area contributed by atoms with Gasteiger partial charge in [-0.25, -0.2) is 13.8 Å². The van der Waals surface area contributed by atoms with Crippen molar-refractivity contribution in [1.29, 1.82) is 0 Å². The third-order valence-electron chi connectivity index (χ3n) is 4.72. The van der Waals surface area contributed by atoms with Gasteiger partial charge in [0.25, 0.3) is 11.8 Å². The number of piperidine rings is 1. The van der Waals surface area contributed by atoms with Crippen LogP contribution in [-0.4, -0.2) is 35.8 Å². The zero-order chi connectivity index (χ0) is 19.7. The molecule has 2 aliphatic rings. The minimum atomic E-state index is -2.69. The highest BCUT2D eigenvalue weighted by atomic mass is 79.9. The van der Waals surface area contributed by atoms with E-state index in [9.17, 15) is 13.6 Å². The molecule has 1 fully saturated rings. The molecule has 0 aromatic heterocycles. The van der Waals surface area contributed by atoms with Gasteiger partial charge in [0.15, 0.2) is 0 Å². The molecule has 0 atom stereocenters. The van der Waals surface area contributed by atoms with E-state index in [-0.39, 0.29) is 25.9 Å². The maximum absolute atomic E-state index is 13.6. The van der Waals surface area contributed by atoms with Gasteiger partial charge in [0.2, 0.25) is 5.96 Å². The number of guanidine groups is 1. The Kier molecular flexibility index (Phi) is 5.03. The number of aliphatic imine (C=N–C) groups is 1. The van der Waals surface area contributed by atoms with Crippen molar-refractivity contribution in [3.8, 4) is 0 Å². The maximum atomic E-state index is 13.6. The number of carbonyl (C=O) groups excluding carboxylic acids is 1. The third kappa shape index (κ3) is 3.85. The van der Waals surface area contributed by atoms with Crippen molar-refractivity contribution < 1.29 is 13.6 Å². The molecule has 4 rings (SSSR count). The first-order valence-electron chi connectivity index (χ1n) is 8.85. The number of para-hydroxylation sites is 2. The summed E-state index contributed by atoms with van der Waals surface area (Å²) in [6.45, 7) is 0.222. The molecule has 0 unspecified atom stereocenters. The number of fused-ring (bicyclic) bond motifs is 1. The van der Waals surface area contributed by atoms with E-state index in [1.165, 1.54) is 0 Å². The van der Waals surface area contributed by atoms with Crippen molar-refractivity contribution in [3.63, 3.8) is 0 Å². The summed E-state index contributed by atoms with van der Waals surface area (Å²) < 4.78 is 28.1. The number of hydrogen-bond donors (Lipinski definition) is 2. The van der Waals surface area contributed by atoms with E-state index in [0.717, 1.165) is 15.8 Å². The Balaban J connectivity index is 1.68. The number of hydrazine groups is 2. The fourth-order valence-corrected chi connectivity index (χ4v) is 3.42. The van der Waals surface area contributed by atoms with E-state index >= 15 is 0 Å². The average Bonchev–Trinajstić information content (AvgIpc) is 3.11. The van der Waals surface area contributed by atoms with Crippen LogP contribution < -0.4 is 16.0 Å². The van der Waals surface area contributed by atoms with Crippen LogP contribution in [0.1, 0.15) is 23.2 Å².